The molecule has 0 aliphatic heterocycles. The molecule has 28 heavy (non-hydrogen) atoms. The second-order valence-corrected chi connectivity index (χ2v) is 7.71. The van der Waals surface area contributed by atoms with Gasteiger partial charge in [-0.15, -0.1) is 0 Å². The summed E-state index contributed by atoms with van der Waals surface area (Å²) in [4.78, 5) is 28.9. The highest BCUT2D eigenvalue weighted by atomic mass is 16.5. The molecule has 1 aromatic carbocycles. The van der Waals surface area contributed by atoms with Crippen molar-refractivity contribution < 1.29 is 14.3 Å². The van der Waals surface area contributed by atoms with E-state index in [0.717, 1.165) is 10.9 Å². The number of nitrogens with one attached hydrogen (secondary N) is 1. The Morgan fingerprint density at radius 2 is 1.89 bits per heavy atom. The molecule has 0 radical (unpaired) electrons. The van der Waals surface area contributed by atoms with Gasteiger partial charge in [0.05, 0.1) is 18.3 Å². The van der Waals surface area contributed by atoms with Gasteiger partial charge in [0.1, 0.15) is 0 Å². The summed E-state index contributed by atoms with van der Waals surface area (Å²) in [6.07, 6.45) is 2.21. The summed E-state index contributed by atoms with van der Waals surface area (Å²) >= 11 is 0. The van der Waals surface area contributed by atoms with Crippen molar-refractivity contribution in [3.05, 3.63) is 59.9 Å². The minimum Gasteiger partial charge on any atom is -0.449 e. The van der Waals surface area contributed by atoms with Crippen LogP contribution in [0, 0.1) is 0 Å². The number of aromatic nitrogens is 3. The maximum atomic E-state index is 12.4. The van der Waals surface area contributed by atoms with Crippen molar-refractivity contribution in [3.8, 4) is 0 Å². The molecule has 7 heteroatoms. The Morgan fingerprint density at radius 3 is 2.57 bits per heavy atom. The number of pyridine rings is 1. The standard InChI is InChI=1S/C21H24N4O3/c1-14(19(26)24-21(2,3)4)28-20(27)17-10-16-12-23-25(18(16)22-11-17)13-15-8-6-5-7-9-15/h5-12,14H,13H2,1-4H3,(H,24,26)/t14-/m0/s1. The Kier molecular flexibility index (Phi) is 5.44. The zero-order valence-corrected chi connectivity index (χ0v) is 16.5. The normalized spacial score (nSPS) is 12.6. The van der Waals surface area contributed by atoms with Gasteiger partial charge in [0, 0.05) is 17.1 Å². The van der Waals surface area contributed by atoms with Gasteiger partial charge >= 0.3 is 5.97 Å². The average Bonchev–Trinajstić information content (AvgIpc) is 3.03. The fourth-order valence-corrected chi connectivity index (χ4v) is 2.71. The first-order valence-corrected chi connectivity index (χ1v) is 9.11. The number of amides is 1. The van der Waals surface area contributed by atoms with Gasteiger partial charge in [-0.2, -0.15) is 5.10 Å². The summed E-state index contributed by atoms with van der Waals surface area (Å²) in [6.45, 7) is 7.73. The number of benzene rings is 1. The van der Waals surface area contributed by atoms with Gasteiger partial charge < -0.3 is 10.1 Å². The summed E-state index contributed by atoms with van der Waals surface area (Å²) in [6, 6.07) is 11.6. The molecule has 1 atom stereocenters. The maximum Gasteiger partial charge on any atom is 0.340 e. The van der Waals surface area contributed by atoms with E-state index in [-0.39, 0.29) is 11.5 Å². The van der Waals surface area contributed by atoms with E-state index in [2.05, 4.69) is 15.4 Å². The molecule has 0 spiro atoms. The third-order valence-electron chi connectivity index (χ3n) is 4.04. The molecule has 0 aliphatic rings. The molecule has 2 aromatic heterocycles. The Hall–Kier alpha value is -3.22. The molecule has 0 bridgehead atoms. The van der Waals surface area contributed by atoms with E-state index in [4.69, 9.17) is 4.74 Å². The van der Waals surface area contributed by atoms with Crippen molar-refractivity contribution >= 4 is 22.9 Å². The second-order valence-electron chi connectivity index (χ2n) is 7.71. The van der Waals surface area contributed by atoms with Crippen LogP contribution in [-0.2, 0) is 16.1 Å². The minimum atomic E-state index is -0.900. The quantitative estimate of drug-likeness (QED) is 0.688. The Labute approximate surface area is 163 Å². The highest BCUT2D eigenvalue weighted by Gasteiger charge is 2.23. The van der Waals surface area contributed by atoms with Crippen molar-refractivity contribution in [2.75, 3.05) is 0 Å². The highest BCUT2D eigenvalue weighted by molar-refractivity contribution is 5.94. The number of ether oxygens (including phenoxy) is 1. The van der Waals surface area contributed by atoms with Crippen LogP contribution in [0.3, 0.4) is 0 Å². The first-order chi connectivity index (χ1) is 13.2. The SMILES string of the molecule is C[C@H](OC(=O)c1cnc2c(cnn2Cc2ccccc2)c1)C(=O)NC(C)(C)C. The lowest BCUT2D eigenvalue weighted by molar-refractivity contribution is -0.130. The largest absolute Gasteiger partial charge is 0.449 e. The van der Waals surface area contributed by atoms with Crippen molar-refractivity contribution in [3.63, 3.8) is 0 Å². The summed E-state index contributed by atoms with van der Waals surface area (Å²) in [5.41, 5.74) is 1.67. The zero-order chi connectivity index (χ0) is 20.3. The van der Waals surface area contributed by atoms with Gasteiger partial charge in [-0.05, 0) is 39.3 Å². The molecule has 1 amide bonds. The topological polar surface area (TPSA) is 86.1 Å². The molecule has 0 unspecified atom stereocenters. The van der Waals surface area contributed by atoms with Crippen LogP contribution < -0.4 is 5.32 Å². The summed E-state index contributed by atoms with van der Waals surface area (Å²) < 4.78 is 7.05. The highest BCUT2D eigenvalue weighted by Crippen LogP contribution is 2.16. The van der Waals surface area contributed by atoms with E-state index in [0.29, 0.717) is 12.2 Å². The van der Waals surface area contributed by atoms with Crippen molar-refractivity contribution in [2.45, 2.75) is 45.9 Å². The van der Waals surface area contributed by atoms with Crippen LogP contribution in [-0.4, -0.2) is 38.3 Å². The average molecular weight is 380 g/mol. The van der Waals surface area contributed by atoms with Crippen LogP contribution in [0.25, 0.3) is 11.0 Å². The van der Waals surface area contributed by atoms with E-state index in [9.17, 15) is 9.59 Å². The molecule has 0 fully saturated rings. The number of fused-ring (bicyclic) bond motifs is 1. The maximum absolute atomic E-state index is 12.4. The van der Waals surface area contributed by atoms with Crippen molar-refractivity contribution in [1.29, 1.82) is 0 Å². The first kappa shape index (κ1) is 19.5. The van der Waals surface area contributed by atoms with Gasteiger partial charge in [-0.25, -0.2) is 14.5 Å². The zero-order valence-electron chi connectivity index (χ0n) is 16.5. The molecule has 0 aliphatic carbocycles. The van der Waals surface area contributed by atoms with Crippen LogP contribution in [0.4, 0.5) is 0 Å². The van der Waals surface area contributed by atoms with Gasteiger partial charge in [0.15, 0.2) is 11.8 Å². The fraction of sp³-hybridized carbons (Fsp3) is 0.333. The van der Waals surface area contributed by atoms with Crippen LogP contribution in [0.15, 0.2) is 48.8 Å². The van der Waals surface area contributed by atoms with Crippen LogP contribution >= 0.6 is 0 Å². The molecule has 7 nitrogen and oxygen atoms in total. The smallest absolute Gasteiger partial charge is 0.340 e. The Morgan fingerprint density at radius 1 is 1.18 bits per heavy atom. The predicted molar refractivity (Wildman–Crippen MR) is 106 cm³/mol. The number of hydrogen-bond acceptors (Lipinski definition) is 5. The summed E-state index contributed by atoms with van der Waals surface area (Å²) in [5.74, 6) is -0.938. The molecular formula is C21H24N4O3. The lowest BCUT2D eigenvalue weighted by atomic mass is 10.1. The molecule has 0 saturated heterocycles. The Bertz CT molecular complexity index is 990. The van der Waals surface area contributed by atoms with Gasteiger partial charge in [0.2, 0.25) is 0 Å². The molecule has 3 rings (SSSR count). The second kappa shape index (κ2) is 7.80. The summed E-state index contributed by atoms with van der Waals surface area (Å²) in [7, 11) is 0. The molecule has 1 N–H and O–H groups in total. The van der Waals surface area contributed by atoms with Crippen molar-refractivity contribution in [1.82, 2.24) is 20.1 Å². The van der Waals surface area contributed by atoms with Crippen LogP contribution in [0.5, 0.6) is 0 Å². The number of carbonyl (C=O) groups excluding carboxylic acids is 2. The van der Waals surface area contributed by atoms with E-state index in [1.807, 2.05) is 51.1 Å². The van der Waals surface area contributed by atoms with E-state index < -0.39 is 17.6 Å². The van der Waals surface area contributed by atoms with Crippen LogP contribution in [0.1, 0.15) is 43.6 Å². The number of esters is 1. The van der Waals surface area contributed by atoms with E-state index >= 15 is 0 Å². The van der Waals surface area contributed by atoms with Crippen LogP contribution in [0.2, 0.25) is 0 Å². The van der Waals surface area contributed by atoms with Gasteiger partial charge in [0.25, 0.3) is 5.91 Å². The van der Waals surface area contributed by atoms with Crippen molar-refractivity contribution in [2.24, 2.45) is 0 Å². The molecular weight excluding hydrogens is 356 g/mol. The van der Waals surface area contributed by atoms with E-state index in [1.165, 1.54) is 6.20 Å². The number of carbonyl (C=O) groups is 2. The predicted octanol–water partition coefficient (Wildman–Crippen LogP) is 2.94. The monoisotopic (exact) mass is 380 g/mol. The molecule has 0 saturated carbocycles. The van der Waals surface area contributed by atoms with Gasteiger partial charge in [-0.1, -0.05) is 30.3 Å². The third kappa shape index (κ3) is 4.73. The minimum absolute atomic E-state index is 0.280. The fourth-order valence-electron chi connectivity index (χ4n) is 2.71. The van der Waals surface area contributed by atoms with Gasteiger partial charge in [-0.3, -0.25) is 4.79 Å². The number of hydrogen-bond donors (Lipinski definition) is 1. The summed E-state index contributed by atoms with van der Waals surface area (Å²) in [5, 5.41) is 7.88. The lowest BCUT2D eigenvalue weighted by Gasteiger charge is -2.23. The Balaban J connectivity index is 1.72. The molecule has 3 aromatic rings. The van der Waals surface area contributed by atoms with E-state index in [1.54, 1.807) is 23.9 Å². The number of nitrogens with zero attached hydrogens (tertiary/aromatic N) is 3. The molecule has 146 valence electrons. The molecule has 2 heterocycles. The number of rotatable bonds is 5. The first-order valence-electron chi connectivity index (χ1n) is 9.11. The third-order valence-corrected chi connectivity index (χ3v) is 4.04. The lowest BCUT2D eigenvalue weighted by Crippen LogP contribution is -2.46.